The fourth-order valence-electron chi connectivity index (χ4n) is 4.14. The van der Waals surface area contributed by atoms with Crippen LogP contribution in [0, 0.1) is 11.3 Å². The van der Waals surface area contributed by atoms with E-state index in [0.717, 1.165) is 34.9 Å². The second-order valence-corrected chi connectivity index (χ2v) is 17.9. The molecule has 9 nitrogen and oxygen atoms in total. The van der Waals surface area contributed by atoms with Crippen LogP contribution in [0.25, 0.3) is 22.3 Å². The van der Waals surface area contributed by atoms with Crippen molar-refractivity contribution in [3.8, 4) is 17.3 Å². The van der Waals surface area contributed by atoms with E-state index in [1.807, 2.05) is 23.0 Å². The van der Waals surface area contributed by atoms with E-state index in [1.54, 1.807) is 10.9 Å². The molecule has 1 saturated heterocycles. The highest BCUT2D eigenvalue weighted by atomic mass is 32.2. The minimum atomic E-state index is -3.05. The number of sulfone groups is 1. The molecule has 3 aromatic rings. The van der Waals surface area contributed by atoms with Crippen molar-refractivity contribution in [2.75, 3.05) is 18.1 Å². The van der Waals surface area contributed by atoms with Crippen LogP contribution in [-0.4, -0.2) is 58.9 Å². The summed E-state index contributed by atoms with van der Waals surface area (Å²) in [4.78, 5) is 8.95. The Kier molecular flexibility index (Phi) is 6.44. The predicted molar refractivity (Wildman–Crippen MR) is 129 cm³/mol. The number of nitriles is 1. The molecule has 0 saturated carbocycles. The van der Waals surface area contributed by atoms with E-state index in [1.165, 1.54) is 6.33 Å². The van der Waals surface area contributed by atoms with Crippen LogP contribution in [0.1, 0.15) is 19.3 Å². The second kappa shape index (κ2) is 9.00. The number of fused-ring (bicyclic) bond motifs is 1. The van der Waals surface area contributed by atoms with Crippen LogP contribution in [0.2, 0.25) is 25.7 Å². The number of hydrogen-bond acceptors (Lipinski definition) is 7. The zero-order valence-electron chi connectivity index (χ0n) is 19.4. The molecule has 0 radical (unpaired) electrons. The van der Waals surface area contributed by atoms with Crippen LogP contribution in [0.5, 0.6) is 0 Å². The van der Waals surface area contributed by atoms with Crippen molar-refractivity contribution in [1.82, 2.24) is 24.3 Å². The molecule has 3 aromatic heterocycles. The van der Waals surface area contributed by atoms with E-state index in [-0.39, 0.29) is 17.9 Å². The first kappa shape index (κ1) is 23.6. The van der Waals surface area contributed by atoms with E-state index in [0.29, 0.717) is 19.6 Å². The van der Waals surface area contributed by atoms with Gasteiger partial charge in [0.2, 0.25) is 0 Å². The van der Waals surface area contributed by atoms with Gasteiger partial charge in [-0.05, 0) is 25.0 Å². The van der Waals surface area contributed by atoms with Crippen LogP contribution < -0.4 is 0 Å². The number of hydrogen-bond donors (Lipinski definition) is 0. The first-order chi connectivity index (χ1) is 15.6. The summed E-state index contributed by atoms with van der Waals surface area (Å²) in [7, 11) is -4.19. The molecule has 1 aliphatic heterocycles. The summed E-state index contributed by atoms with van der Waals surface area (Å²) in [6.45, 7) is 8.15. The summed E-state index contributed by atoms with van der Waals surface area (Å²) in [6, 6.07) is 5.31. The fourth-order valence-corrected chi connectivity index (χ4v) is 6.48. The second-order valence-electron chi connectivity index (χ2n) is 9.98. The van der Waals surface area contributed by atoms with Gasteiger partial charge in [0.25, 0.3) is 0 Å². The molecule has 176 valence electrons. The van der Waals surface area contributed by atoms with Crippen molar-refractivity contribution in [1.29, 1.82) is 5.26 Å². The quantitative estimate of drug-likeness (QED) is 0.354. The normalized spacial score (nSPS) is 17.8. The molecule has 0 N–H and O–H groups in total. The zero-order chi connectivity index (χ0) is 23.7. The molecule has 4 rings (SSSR count). The zero-order valence-corrected chi connectivity index (χ0v) is 21.2. The average molecular weight is 487 g/mol. The molecule has 0 spiro atoms. The summed E-state index contributed by atoms with van der Waals surface area (Å²) >= 11 is 0. The van der Waals surface area contributed by atoms with Gasteiger partial charge in [-0.25, -0.2) is 18.4 Å². The van der Waals surface area contributed by atoms with E-state index < -0.39 is 23.5 Å². The van der Waals surface area contributed by atoms with Crippen LogP contribution in [0.15, 0.2) is 31.0 Å². The number of ether oxygens (including phenoxy) is 1. The summed E-state index contributed by atoms with van der Waals surface area (Å²) in [5, 5.41) is 14.8. The van der Waals surface area contributed by atoms with Gasteiger partial charge >= 0.3 is 0 Å². The molecule has 0 atom stereocenters. The van der Waals surface area contributed by atoms with Gasteiger partial charge in [-0.2, -0.15) is 10.4 Å². The Hall–Kier alpha value is -2.55. The lowest BCUT2D eigenvalue weighted by molar-refractivity contribution is 0.0899. The predicted octanol–water partition coefficient (Wildman–Crippen LogP) is 3.42. The Morgan fingerprint density at radius 3 is 2.70 bits per heavy atom. The van der Waals surface area contributed by atoms with Crippen LogP contribution in [-0.2, 0) is 26.8 Å². The average Bonchev–Trinajstić information content (AvgIpc) is 3.40. The minimum absolute atomic E-state index is 0.0716. The highest BCUT2D eigenvalue weighted by Crippen LogP contribution is 2.36. The SMILES string of the molecule is C[Si](C)(C)CCOCn1ccc2c(-c3cnn(C4(CC#N)CCS(=O)(=O)CC4)c3)ncnc21. The maximum atomic E-state index is 12.0. The third-order valence-corrected chi connectivity index (χ3v) is 9.65. The molecule has 0 aromatic carbocycles. The summed E-state index contributed by atoms with van der Waals surface area (Å²) in [5.74, 6) is 0.143. The van der Waals surface area contributed by atoms with Crippen molar-refractivity contribution in [3.05, 3.63) is 31.0 Å². The summed E-state index contributed by atoms with van der Waals surface area (Å²) < 4.78 is 33.5. The van der Waals surface area contributed by atoms with Gasteiger partial charge in [0, 0.05) is 38.0 Å². The van der Waals surface area contributed by atoms with Gasteiger partial charge in [-0.1, -0.05) is 19.6 Å². The molecule has 0 amide bonds. The molecule has 1 fully saturated rings. The molecule has 1 aliphatic rings. The molecule has 0 unspecified atom stereocenters. The Bertz CT molecular complexity index is 1270. The van der Waals surface area contributed by atoms with Crippen molar-refractivity contribution in [2.24, 2.45) is 0 Å². The topological polar surface area (TPSA) is 116 Å². The Morgan fingerprint density at radius 2 is 2.00 bits per heavy atom. The van der Waals surface area contributed by atoms with Crippen LogP contribution in [0.3, 0.4) is 0 Å². The van der Waals surface area contributed by atoms with E-state index in [2.05, 4.69) is 40.8 Å². The molecule has 33 heavy (non-hydrogen) atoms. The highest BCUT2D eigenvalue weighted by Gasteiger charge is 2.39. The number of aromatic nitrogens is 5. The molecular weight excluding hydrogens is 456 g/mol. The summed E-state index contributed by atoms with van der Waals surface area (Å²) in [6.07, 6.45) is 8.07. The van der Waals surface area contributed by atoms with Gasteiger partial charge in [-0.3, -0.25) is 4.68 Å². The standard InChI is InChI=1S/C22H30N6O3SSi/c1-33(2,3)13-10-31-17-27-9-4-19-20(24-16-25-21(19)27)18-14-26-28(15-18)22(5-8-23)6-11-32(29,30)12-7-22/h4,9,14-16H,5-7,10-13,17H2,1-3H3. The number of rotatable bonds is 8. The molecule has 0 aliphatic carbocycles. The van der Waals surface area contributed by atoms with E-state index in [9.17, 15) is 13.7 Å². The van der Waals surface area contributed by atoms with Gasteiger partial charge in [0.15, 0.2) is 9.84 Å². The van der Waals surface area contributed by atoms with E-state index in [4.69, 9.17) is 4.74 Å². The monoisotopic (exact) mass is 486 g/mol. The largest absolute Gasteiger partial charge is 0.361 e. The van der Waals surface area contributed by atoms with Crippen LogP contribution >= 0.6 is 0 Å². The van der Waals surface area contributed by atoms with Gasteiger partial charge in [-0.15, -0.1) is 0 Å². The van der Waals surface area contributed by atoms with Gasteiger partial charge in [0.05, 0.1) is 41.4 Å². The fraction of sp³-hybridized carbons (Fsp3) is 0.545. The first-order valence-corrected chi connectivity index (χ1v) is 16.7. The first-order valence-electron chi connectivity index (χ1n) is 11.1. The molecular formula is C22H30N6O3SSi. The van der Waals surface area contributed by atoms with E-state index >= 15 is 0 Å². The summed E-state index contributed by atoms with van der Waals surface area (Å²) in [5.41, 5.74) is 1.74. The Balaban J connectivity index is 1.58. The Labute approximate surface area is 195 Å². The maximum Gasteiger partial charge on any atom is 0.150 e. The smallest absolute Gasteiger partial charge is 0.150 e. The van der Waals surface area contributed by atoms with Gasteiger partial charge in [0.1, 0.15) is 18.7 Å². The highest BCUT2D eigenvalue weighted by molar-refractivity contribution is 7.91. The number of nitrogens with zero attached hydrogens (tertiary/aromatic N) is 6. The lowest BCUT2D eigenvalue weighted by Crippen LogP contribution is -2.42. The van der Waals surface area contributed by atoms with Crippen LogP contribution in [0.4, 0.5) is 0 Å². The van der Waals surface area contributed by atoms with Crippen molar-refractivity contribution < 1.29 is 13.2 Å². The lowest BCUT2D eigenvalue weighted by Gasteiger charge is -2.35. The van der Waals surface area contributed by atoms with Crippen molar-refractivity contribution >= 4 is 28.9 Å². The third-order valence-electron chi connectivity index (χ3n) is 6.29. The maximum absolute atomic E-state index is 12.0. The molecule has 11 heteroatoms. The third kappa shape index (κ3) is 5.18. The Morgan fingerprint density at radius 1 is 1.24 bits per heavy atom. The van der Waals surface area contributed by atoms with Gasteiger partial charge < -0.3 is 9.30 Å². The minimum Gasteiger partial charge on any atom is -0.361 e. The molecule has 4 heterocycles. The van der Waals surface area contributed by atoms with Crippen molar-refractivity contribution in [2.45, 2.75) is 57.2 Å². The molecule has 0 bridgehead atoms. The lowest BCUT2D eigenvalue weighted by atomic mass is 9.89. The van der Waals surface area contributed by atoms with Crippen molar-refractivity contribution in [3.63, 3.8) is 0 Å².